The summed E-state index contributed by atoms with van der Waals surface area (Å²) in [4.78, 5) is 12.2. The summed E-state index contributed by atoms with van der Waals surface area (Å²) >= 11 is 0. The maximum Gasteiger partial charge on any atom is 0.252 e. The third kappa shape index (κ3) is 4.05. The lowest BCUT2D eigenvalue weighted by molar-refractivity contribution is 0.0950. The van der Waals surface area contributed by atoms with Gasteiger partial charge in [0.2, 0.25) is 0 Å². The van der Waals surface area contributed by atoms with Crippen molar-refractivity contribution in [1.82, 2.24) is 5.32 Å². The van der Waals surface area contributed by atoms with Gasteiger partial charge in [-0.15, -0.1) is 0 Å². The maximum absolute atomic E-state index is 13.4. The van der Waals surface area contributed by atoms with E-state index < -0.39 is 5.82 Å². The van der Waals surface area contributed by atoms with E-state index in [9.17, 15) is 9.18 Å². The second-order valence-electron chi connectivity index (χ2n) is 6.06. The van der Waals surface area contributed by atoms with Crippen molar-refractivity contribution in [2.45, 2.75) is 26.7 Å². The molecule has 1 aromatic rings. The number of rotatable bonds is 4. The van der Waals surface area contributed by atoms with Gasteiger partial charge in [-0.25, -0.2) is 4.39 Å². The topological polar surface area (TPSA) is 49.3 Å². The first-order chi connectivity index (χ1) is 9.94. The van der Waals surface area contributed by atoms with E-state index in [4.69, 9.17) is 5.11 Å². The van der Waals surface area contributed by atoms with Gasteiger partial charge in [0.15, 0.2) is 0 Å². The molecule has 0 radical (unpaired) electrons. The molecule has 1 atom stereocenters. The van der Waals surface area contributed by atoms with Gasteiger partial charge in [-0.05, 0) is 36.0 Å². The average Bonchev–Trinajstić information content (AvgIpc) is 3.05. The first-order valence-corrected chi connectivity index (χ1v) is 7.11. The predicted octanol–water partition coefficient (Wildman–Crippen LogP) is 2.34. The molecule has 1 saturated carbocycles. The molecule has 0 heterocycles. The number of hydrogen-bond acceptors (Lipinski definition) is 2. The molecule has 0 bridgehead atoms. The summed E-state index contributed by atoms with van der Waals surface area (Å²) < 4.78 is 13.4. The molecule has 112 valence electrons. The third-order valence-corrected chi connectivity index (χ3v) is 3.91. The minimum absolute atomic E-state index is 0.0352. The third-order valence-electron chi connectivity index (χ3n) is 3.91. The molecule has 1 aromatic carbocycles. The van der Waals surface area contributed by atoms with E-state index in [0.29, 0.717) is 29.9 Å². The molecule has 0 saturated heterocycles. The van der Waals surface area contributed by atoms with Crippen LogP contribution < -0.4 is 5.32 Å². The Balaban J connectivity index is 2.08. The average molecular weight is 289 g/mol. The van der Waals surface area contributed by atoms with E-state index in [-0.39, 0.29) is 18.1 Å². The molecule has 2 rings (SSSR count). The highest BCUT2D eigenvalue weighted by molar-refractivity contribution is 5.96. The van der Waals surface area contributed by atoms with Crippen LogP contribution in [0, 0.1) is 29.0 Å². The number of carbonyl (C=O) groups is 1. The molecular weight excluding hydrogens is 269 g/mol. The molecule has 3 nitrogen and oxygen atoms in total. The summed E-state index contributed by atoms with van der Waals surface area (Å²) in [5.41, 5.74) is 1.02. The Labute approximate surface area is 124 Å². The first-order valence-electron chi connectivity index (χ1n) is 7.11. The lowest BCUT2D eigenvalue weighted by Gasteiger charge is -2.08. The normalized spacial score (nSPS) is 18.6. The van der Waals surface area contributed by atoms with Gasteiger partial charge in [0.1, 0.15) is 5.82 Å². The SMILES string of the molecule is CC1(C)CC1CNC(=O)c1cc(F)ccc1C#CCCO. The molecule has 4 heteroatoms. The monoisotopic (exact) mass is 289 g/mol. The summed E-state index contributed by atoms with van der Waals surface area (Å²) in [6.07, 6.45) is 1.42. The van der Waals surface area contributed by atoms with Crippen LogP contribution in [-0.4, -0.2) is 24.2 Å². The zero-order chi connectivity index (χ0) is 15.5. The minimum atomic E-state index is -0.459. The molecule has 1 amide bonds. The van der Waals surface area contributed by atoms with Crippen LogP contribution in [-0.2, 0) is 0 Å². The number of hydrogen-bond donors (Lipinski definition) is 2. The van der Waals surface area contributed by atoms with E-state index >= 15 is 0 Å². The van der Waals surface area contributed by atoms with Gasteiger partial charge in [0, 0.05) is 18.5 Å². The lowest BCUT2D eigenvalue weighted by atomic mass is 10.1. The molecule has 0 aliphatic heterocycles. The van der Waals surface area contributed by atoms with E-state index in [1.54, 1.807) is 0 Å². The van der Waals surface area contributed by atoms with Gasteiger partial charge in [-0.3, -0.25) is 4.79 Å². The van der Waals surface area contributed by atoms with Crippen molar-refractivity contribution in [1.29, 1.82) is 0 Å². The van der Waals surface area contributed by atoms with Crippen LogP contribution in [0.1, 0.15) is 42.6 Å². The van der Waals surface area contributed by atoms with Crippen molar-refractivity contribution in [3.8, 4) is 11.8 Å². The number of amides is 1. The second kappa shape index (κ2) is 6.28. The Bertz CT molecular complexity index is 599. The highest BCUT2D eigenvalue weighted by Gasteiger charge is 2.45. The van der Waals surface area contributed by atoms with Crippen LogP contribution in [0.15, 0.2) is 18.2 Å². The number of benzene rings is 1. The summed E-state index contributed by atoms with van der Waals surface area (Å²) in [6, 6.07) is 3.98. The predicted molar refractivity (Wildman–Crippen MR) is 79.2 cm³/mol. The van der Waals surface area contributed by atoms with Gasteiger partial charge >= 0.3 is 0 Å². The second-order valence-corrected chi connectivity index (χ2v) is 6.06. The molecule has 1 aliphatic carbocycles. The van der Waals surface area contributed by atoms with Crippen LogP contribution in [0.3, 0.4) is 0 Å². The quantitative estimate of drug-likeness (QED) is 0.836. The molecule has 0 spiro atoms. The van der Waals surface area contributed by atoms with Crippen LogP contribution in [0.4, 0.5) is 4.39 Å². The maximum atomic E-state index is 13.4. The zero-order valence-corrected chi connectivity index (χ0v) is 12.4. The van der Waals surface area contributed by atoms with Crippen molar-refractivity contribution in [2.75, 3.05) is 13.2 Å². The van der Waals surface area contributed by atoms with Gasteiger partial charge in [-0.2, -0.15) is 0 Å². The lowest BCUT2D eigenvalue weighted by Crippen LogP contribution is -2.27. The van der Waals surface area contributed by atoms with Crippen molar-refractivity contribution < 1.29 is 14.3 Å². The molecule has 0 aromatic heterocycles. The Morgan fingerprint density at radius 3 is 2.86 bits per heavy atom. The molecule has 1 unspecified atom stereocenters. The van der Waals surface area contributed by atoms with Crippen LogP contribution in [0.2, 0.25) is 0 Å². The Morgan fingerprint density at radius 2 is 2.24 bits per heavy atom. The van der Waals surface area contributed by atoms with E-state index in [1.807, 2.05) is 0 Å². The van der Waals surface area contributed by atoms with Gasteiger partial charge in [0.05, 0.1) is 12.2 Å². The fraction of sp³-hybridized carbons (Fsp3) is 0.471. The summed E-state index contributed by atoms with van der Waals surface area (Å²) in [5.74, 6) is 5.28. The zero-order valence-electron chi connectivity index (χ0n) is 12.4. The number of aliphatic hydroxyl groups excluding tert-OH is 1. The van der Waals surface area contributed by atoms with Crippen molar-refractivity contribution in [3.63, 3.8) is 0 Å². The number of nitrogens with one attached hydrogen (secondary N) is 1. The van der Waals surface area contributed by atoms with Crippen LogP contribution >= 0.6 is 0 Å². The highest BCUT2D eigenvalue weighted by atomic mass is 19.1. The Morgan fingerprint density at radius 1 is 1.52 bits per heavy atom. The smallest absolute Gasteiger partial charge is 0.252 e. The standard InChI is InChI=1S/C17H20FNO2/c1-17(2)10-13(17)11-19-16(21)15-9-14(18)7-6-12(15)5-3-4-8-20/h6-7,9,13,20H,4,8,10-11H2,1-2H3,(H,19,21). The number of carbonyl (C=O) groups excluding carboxylic acids is 1. The van der Waals surface area contributed by atoms with Crippen LogP contribution in [0.25, 0.3) is 0 Å². The first kappa shape index (κ1) is 15.5. The summed E-state index contributed by atoms with van der Waals surface area (Å²) in [6.45, 7) is 4.90. The van der Waals surface area contributed by atoms with Gasteiger partial charge in [-0.1, -0.05) is 25.7 Å². The van der Waals surface area contributed by atoms with Gasteiger partial charge in [0.25, 0.3) is 5.91 Å². The molecule has 1 aliphatic rings. The molecule has 2 N–H and O–H groups in total. The van der Waals surface area contributed by atoms with Crippen molar-refractivity contribution >= 4 is 5.91 Å². The van der Waals surface area contributed by atoms with Gasteiger partial charge < -0.3 is 10.4 Å². The number of halogens is 1. The van der Waals surface area contributed by atoms with E-state index in [1.165, 1.54) is 18.2 Å². The van der Waals surface area contributed by atoms with Crippen molar-refractivity contribution in [2.24, 2.45) is 11.3 Å². The molecule has 21 heavy (non-hydrogen) atoms. The van der Waals surface area contributed by atoms with Crippen molar-refractivity contribution in [3.05, 3.63) is 35.1 Å². The fourth-order valence-electron chi connectivity index (χ4n) is 2.26. The summed E-state index contributed by atoms with van der Waals surface area (Å²) in [7, 11) is 0. The minimum Gasteiger partial charge on any atom is -0.395 e. The van der Waals surface area contributed by atoms with E-state index in [2.05, 4.69) is 31.0 Å². The Hall–Kier alpha value is -1.86. The molecular formula is C17H20FNO2. The summed E-state index contributed by atoms with van der Waals surface area (Å²) in [5, 5.41) is 11.6. The molecule has 1 fully saturated rings. The van der Waals surface area contributed by atoms with Crippen LogP contribution in [0.5, 0.6) is 0 Å². The Kier molecular flexibility index (Phi) is 4.64. The number of aliphatic hydroxyl groups is 1. The fourth-order valence-corrected chi connectivity index (χ4v) is 2.26. The largest absolute Gasteiger partial charge is 0.395 e. The van der Waals surface area contributed by atoms with E-state index in [0.717, 1.165) is 6.42 Å². The highest BCUT2D eigenvalue weighted by Crippen LogP contribution is 2.50.